The van der Waals surface area contributed by atoms with E-state index in [-0.39, 0.29) is 34.7 Å². The molecule has 0 saturated carbocycles. The molecule has 21 heavy (non-hydrogen) atoms. The molecule has 1 unspecified atom stereocenters. The number of sulfonamides is 1. The summed E-state index contributed by atoms with van der Waals surface area (Å²) in [6, 6.07) is -0.703. The lowest BCUT2D eigenvalue weighted by molar-refractivity contribution is 0.232. The molecule has 120 valence electrons. The molecule has 1 saturated heterocycles. The Morgan fingerprint density at radius 1 is 1.57 bits per heavy atom. The maximum Gasteiger partial charge on any atom is 0.264 e. The maximum absolute atomic E-state index is 12.6. The first-order valence-electron chi connectivity index (χ1n) is 6.19. The number of hydrogen-bond acceptors (Lipinski definition) is 6. The van der Waals surface area contributed by atoms with Crippen molar-refractivity contribution in [3.63, 3.8) is 0 Å². The van der Waals surface area contributed by atoms with Gasteiger partial charge < -0.3 is 9.67 Å². The Labute approximate surface area is 128 Å². The van der Waals surface area contributed by atoms with Crippen LogP contribution in [0.1, 0.15) is 6.42 Å². The largest absolute Gasteiger partial charge is 0.395 e. The molecular formula is C10H16ClN3O5S2. The highest BCUT2D eigenvalue weighted by Gasteiger charge is 2.40. The second-order valence-corrected chi connectivity index (χ2v) is 9.24. The average Bonchev–Trinajstić information content (AvgIpc) is 2.90. The van der Waals surface area contributed by atoms with Crippen molar-refractivity contribution in [2.75, 3.05) is 24.7 Å². The van der Waals surface area contributed by atoms with Crippen molar-refractivity contribution in [1.29, 1.82) is 0 Å². The standard InChI is InChI=1S/C10H16ClN3O5S2/c1-13-7-12-10(9(13)11)21(18,19)14(3-4-15)8-2-5-20(16,17)6-8/h7-8,15H,2-6H2,1H3. The highest BCUT2D eigenvalue weighted by Crippen LogP contribution is 2.27. The van der Waals surface area contributed by atoms with Gasteiger partial charge in [-0.25, -0.2) is 21.8 Å². The third-order valence-electron chi connectivity index (χ3n) is 3.32. The summed E-state index contributed by atoms with van der Waals surface area (Å²) in [5.74, 6) is -0.318. The molecule has 1 fully saturated rings. The zero-order chi connectivity index (χ0) is 15.8. The van der Waals surface area contributed by atoms with Crippen molar-refractivity contribution in [3.05, 3.63) is 11.5 Å². The van der Waals surface area contributed by atoms with Crippen LogP contribution in [0.4, 0.5) is 0 Å². The van der Waals surface area contributed by atoms with Crippen LogP contribution in [-0.2, 0) is 26.9 Å². The van der Waals surface area contributed by atoms with Crippen LogP contribution in [0.5, 0.6) is 0 Å². The molecule has 11 heteroatoms. The number of aromatic nitrogens is 2. The monoisotopic (exact) mass is 357 g/mol. The van der Waals surface area contributed by atoms with Crippen molar-refractivity contribution >= 4 is 31.5 Å². The van der Waals surface area contributed by atoms with Crippen molar-refractivity contribution < 1.29 is 21.9 Å². The molecule has 0 amide bonds. The van der Waals surface area contributed by atoms with E-state index in [2.05, 4.69) is 4.98 Å². The van der Waals surface area contributed by atoms with Gasteiger partial charge in [0.05, 0.1) is 24.4 Å². The molecule has 0 radical (unpaired) electrons. The zero-order valence-corrected chi connectivity index (χ0v) is 13.7. The molecule has 1 aliphatic rings. The molecule has 0 bridgehead atoms. The summed E-state index contributed by atoms with van der Waals surface area (Å²) in [4.78, 5) is 3.77. The van der Waals surface area contributed by atoms with E-state index >= 15 is 0 Å². The number of rotatable bonds is 5. The maximum atomic E-state index is 12.6. The van der Waals surface area contributed by atoms with Gasteiger partial charge in [0.15, 0.2) is 9.84 Å². The Morgan fingerprint density at radius 2 is 2.24 bits per heavy atom. The lowest BCUT2D eigenvalue weighted by atomic mass is 10.3. The van der Waals surface area contributed by atoms with Gasteiger partial charge in [0.2, 0.25) is 5.03 Å². The number of aryl methyl sites for hydroxylation is 1. The second-order valence-electron chi connectivity index (χ2n) is 4.85. The van der Waals surface area contributed by atoms with Crippen LogP contribution in [0.15, 0.2) is 11.4 Å². The summed E-state index contributed by atoms with van der Waals surface area (Å²) < 4.78 is 50.7. The molecule has 0 spiro atoms. The fourth-order valence-corrected chi connectivity index (χ4v) is 6.14. The van der Waals surface area contributed by atoms with E-state index in [1.807, 2.05) is 0 Å². The van der Waals surface area contributed by atoms with Gasteiger partial charge in [-0.1, -0.05) is 11.6 Å². The number of aliphatic hydroxyl groups is 1. The van der Waals surface area contributed by atoms with Crippen molar-refractivity contribution in [3.8, 4) is 0 Å². The molecule has 1 aromatic heterocycles. The lowest BCUT2D eigenvalue weighted by Gasteiger charge is -2.25. The van der Waals surface area contributed by atoms with Crippen molar-refractivity contribution in [2.45, 2.75) is 17.5 Å². The van der Waals surface area contributed by atoms with E-state index in [0.717, 1.165) is 4.31 Å². The van der Waals surface area contributed by atoms with Gasteiger partial charge in [-0.3, -0.25) is 0 Å². The van der Waals surface area contributed by atoms with Gasteiger partial charge in [-0.05, 0) is 6.42 Å². The molecule has 8 nitrogen and oxygen atoms in total. The number of aliphatic hydroxyl groups excluding tert-OH is 1. The minimum Gasteiger partial charge on any atom is -0.395 e. The molecule has 0 aliphatic carbocycles. The minimum atomic E-state index is -4.06. The smallest absolute Gasteiger partial charge is 0.264 e. The first-order valence-corrected chi connectivity index (χ1v) is 9.83. The van der Waals surface area contributed by atoms with Crippen LogP contribution >= 0.6 is 11.6 Å². The zero-order valence-electron chi connectivity index (χ0n) is 11.3. The number of hydrogen-bond donors (Lipinski definition) is 1. The molecular weight excluding hydrogens is 342 g/mol. The summed E-state index contributed by atoms with van der Waals surface area (Å²) >= 11 is 5.91. The highest BCUT2D eigenvalue weighted by molar-refractivity contribution is 7.92. The van der Waals surface area contributed by atoms with Gasteiger partial charge in [-0.2, -0.15) is 4.31 Å². The summed E-state index contributed by atoms with van der Waals surface area (Å²) in [5, 5.41) is 8.71. The molecule has 1 N–H and O–H groups in total. The first kappa shape index (κ1) is 16.7. The van der Waals surface area contributed by atoms with E-state index in [4.69, 9.17) is 16.7 Å². The molecule has 1 aromatic rings. The lowest BCUT2D eigenvalue weighted by Crippen LogP contribution is -2.43. The topological polar surface area (TPSA) is 110 Å². The third kappa shape index (κ3) is 3.24. The van der Waals surface area contributed by atoms with Crippen LogP contribution in [0, 0.1) is 0 Å². The van der Waals surface area contributed by atoms with Gasteiger partial charge in [0.25, 0.3) is 10.0 Å². The Balaban J connectivity index is 2.40. The summed E-state index contributed by atoms with van der Waals surface area (Å²) in [6.07, 6.45) is 1.46. The van der Waals surface area contributed by atoms with Crippen LogP contribution in [0.3, 0.4) is 0 Å². The predicted molar refractivity (Wildman–Crippen MR) is 76.3 cm³/mol. The molecule has 1 atom stereocenters. The van der Waals surface area contributed by atoms with Gasteiger partial charge >= 0.3 is 0 Å². The van der Waals surface area contributed by atoms with E-state index < -0.39 is 32.5 Å². The van der Waals surface area contributed by atoms with Gasteiger partial charge in [0.1, 0.15) is 5.15 Å². The van der Waals surface area contributed by atoms with Gasteiger partial charge in [-0.15, -0.1) is 0 Å². The second kappa shape index (κ2) is 5.84. The predicted octanol–water partition coefficient (Wildman–Crippen LogP) is -0.756. The van der Waals surface area contributed by atoms with Crippen molar-refractivity contribution in [1.82, 2.24) is 13.9 Å². The van der Waals surface area contributed by atoms with E-state index in [0.29, 0.717) is 0 Å². The number of sulfone groups is 1. The van der Waals surface area contributed by atoms with Crippen LogP contribution in [-0.4, -0.2) is 66.5 Å². The fraction of sp³-hybridized carbons (Fsp3) is 0.700. The summed E-state index contributed by atoms with van der Waals surface area (Å²) in [5.41, 5.74) is 0. The molecule has 1 aliphatic heterocycles. The van der Waals surface area contributed by atoms with E-state index in [1.165, 1.54) is 10.9 Å². The number of halogens is 1. The Morgan fingerprint density at radius 3 is 2.67 bits per heavy atom. The number of imidazole rings is 1. The summed E-state index contributed by atoms with van der Waals surface area (Å²) in [7, 11) is -5.77. The molecule has 2 heterocycles. The average molecular weight is 358 g/mol. The number of nitrogens with zero attached hydrogens (tertiary/aromatic N) is 3. The molecule has 0 aromatic carbocycles. The minimum absolute atomic E-state index is 0.0567. The van der Waals surface area contributed by atoms with Crippen LogP contribution in [0.25, 0.3) is 0 Å². The summed E-state index contributed by atoms with van der Waals surface area (Å²) in [6.45, 7) is -0.615. The molecule has 2 rings (SSSR count). The first-order chi connectivity index (χ1) is 9.69. The highest BCUT2D eigenvalue weighted by atomic mass is 35.5. The Bertz CT molecular complexity index is 728. The third-order valence-corrected chi connectivity index (χ3v) is 7.52. The Kier molecular flexibility index (Phi) is 4.64. The van der Waals surface area contributed by atoms with Crippen LogP contribution in [0.2, 0.25) is 5.15 Å². The van der Waals surface area contributed by atoms with E-state index in [9.17, 15) is 16.8 Å². The normalized spacial score (nSPS) is 22.0. The Hall–Kier alpha value is -0.680. The van der Waals surface area contributed by atoms with Crippen LogP contribution < -0.4 is 0 Å². The van der Waals surface area contributed by atoms with Gasteiger partial charge in [0, 0.05) is 19.6 Å². The SMILES string of the molecule is Cn1cnc(S(=O)(=O)N(CCO)C2CCS(=O)(=O)C2)c1Cl. The van der Waals surface area contributed by atoms with E-state index in [1.54, 1.807) is 7.05 Å². The van der Waals surface area contributed by atoms with Crippen molar-refractivity contribution in [2.24, 2.45) is 7.05 Å². The fourth-order valence-electron chi connectivity index (χ4n) is 2.28. The quantitative estimate of drug-likeness (QED) is 0.742.